The van der Waals surface area contributed by atoms with Crippen LogP contribution in [0.2, 0.25) is 5.02 Å². The summed E-state index contributed by atoms with van der Waals surface area (Å²) in [5.74, 6) is 0.732. The third-order valence-corrected chi connectivity index (χ3v) is 4.24. The molecule has 0 spiro atoms. The molecule has 19 heavy (non-hydrogen) atoms. The number of carbonyl (C=O) groups excluding carboxylic acids is 2. The van der Waals surface area contributed by atoms with Crippen LogP contribution in [-0.2, 0) is 9.59 Å². The first-order valence-corrected chi connectivity index (χ1v) is 7.26. The van der Waals surface area contributed by atoms with Crippen molar-refractivity contribution in [1.29, 1.82) is 0 Å². The van der Waals surface area contributed by atoms with Crippen molar-refractivity contribution >= 4 is 40.1 Å². The fraction of sp³-hybridized carbons (Fsp3) is 0.385. The molecule has 1 heterocycles. The van der Waals surface area contributed by atoms with Crippen molar-refractivity contribution < 1.29 is 14.7 Å². The molecule has 102 valence electrons. The lowest BCUT2D eigenvalue weighted by atomic mass is 10.1. The van der Waals surface area contributed by atoms with E-state index in [0.717, 1.165) is 0 Å². The lowest BCUT2D eigenvalue weighted by Gasteiger charge is -2.18. The van der Waals surface area contributed by atoms with Crippen molar-refractivity contribution in [2.24, 2.45) is 5.92 Å². The van der Waals surface area contributed by atoms with Gasteiger partial charge in [-0.25, -0.2) is 0 Å². The minimum Gasteiger partial charge on any atom is -0.506 e. The van der Waals surface area contributed by atoms with Crippen LogP contribution in [0.15, 0.2) is 18.2 Å². The molecule has 0 aromatic heterocycles. The van der Waals surface area contributed by atoms with Gasteiger partial charge in [-0.05, 0) is 18.1 Å². The van der Waals surface area contributed by atoms with Crippen molar-refractivity contribution in [3.8, 4) is 5.75 Å². The summed E-state index contributed by atoms with van der Waals surface area (Å²) in [5.41, 5.74) is 0.477. The van der Waals surface area contributed by atoms with Crippen LogP contribution in [0, 0.1) is 5.92 Å². The normalized spacial score (nSPS) is 18.9. The van der Waals surface area contributed by atoms with Gasteiger partial charge >= 0.3 is 0 Å². The molecule has 0 bridgehead atoms. The van der Waals surface area contributed by atoms with Gasteiger partial charge in [0.05, 0.1) is 5.69 Å². The maximum Gasteiger partial charge on any atom is 0.227 e. The first-order chi connectivity index (χ1) is 8.97. The minimum atomic E-state index is -0.0354. The Morgan fingerprint density at radius 1 is 1.58 bits per heavy atom. The molecule has 1 amide bonds. The highest BCUT2D eigenvalue weighted by Gasteiger charge is 2.32. The Morgan fingerprint density at radius 3 is 2.95 bits per heavy atom. The Hall–Kier alpha value is -1.20. The van der Waals surface area contributed by atoms with E-state index in [1.165, 1.54) is 24.8 Å². The van der Waals surface area contributed by atoms with Gasteiger partial charge in [-0.2, -0.15) is 0 Å². The molecule has 0 aliphatic carbocycles. The van der Waals surface area contributed by atoms with E-state index in [0.29, 0.717) is 29.4 Å². The molecule has 1 aromatic rings. The first-order valence-electron chi connectivity index (χ1n) is 5.89. The van der Waals surface area contributed by atoms with E-state index in [-0.39, 0.29) is 22.7 Å². The van der Waals surface area contributed by atoms with Crippen molar-refractivity contribution in [2.45, 2.75) is 13.3 Å². The van der Waals surface area contributed by atoms with Gasteiger partial charge in [0.25, 0.3) is 0 Å². The highest BCUT2D eigenvalue weighted by molar-refractivity contribution is 8.13. The van der Waals surface area contributed by atoms with Crippen molar-refractivity contribution in [1.82, 2.24) is 0 Å². The summed E-state index contributed by atoms with van der Waals surface area (Å²) >= 11 is 7.00. The number of hydrogen-bond donors (Lipinski definition) is 1. The van der Waals surface area contributed by atoms with E-state index in [1.807, 2.05) is 0 Å². The van der Waals surface area contributed by atoms with Gasteiger partial charge < -0.3 is 10.0 Å². The second-order valence-electron chi connectivity index (χ2n) is 4.51. The summed E-state index contributed by atoms with van der Waals surface area (Å²) in [6.45, 7) is 2.04. The number of aromatic hydroxyl groups is 1. The number of hydrogen-bond acceptors (Lipinski definition) is 4. The molecule has 4 nitrogen and oxygen atoms in total. The number of anilines is 1. The molecule has 2 rings (SSSR count). The third-order valence-electron chi connectivity index (χ3n) is 2.96. The molecule has 1 aliphatic heterocycles. The Bertz CT molecular complexity index is 521. The minimum absolute atomic E-state index is 0.000668. The molecular weight excluding hydrogens is 286 g/mol. The third kappa shape index (κ3) is 3.42. The summed E-state index contributed by atoms with van der Waals surface area (Å²) in [7, 11) is 0. The predicted octanol–water partition coefficient (Wildman–Crippen LogP) is 2.68. The van der Waals surface area contributed by atoms with E-state index in [9.17, 15) is 14.7 Å². The lowest BCUT2D eigenvalue weighted by Crippen LogP contribution is -2.24. The van der Waals surface area contributed by atoms with Crippen molar-refractivity contribution in [2.75, 3.05) is 17.2 Å². The van der Waals surface area contributed by atoms with E-state index < -0.39 is 0 Å². The van der Waals surface area contributed by atoms with Crippen LogP contribution in [-0.4, -0.2) is 28.4 Å². The number of carbonyl (C=O) groups is 2. The Labute approximate surface area is 120 Å². The van der Waals surface area contributed by atoms with Gasteiger partial charge in [0.1, 0.15) is 5.75 Å². The van der Waals surface area contributed by atoms with Crippen LogP contribution in [0.4, 0.5) is 5.69 Å². The lowest BCUT2D eigenvalue weighted by molar-refractivity contribution is -0.117. The van der Waals surface area contributed by atoms with Crippen molar-refractivity contribution in [3.05, 3.63) is 23.2 Å². The average molecular weight is 300 g/mol. The van der Waals surface area contributed by atoms with Crippen LogP contribution in [0.5, 0.6) is 5.75 Å². The molecule has 0 saturated carbocycles. The van der Waals surface area contributed by atoms with E-state index in [4.69, 9.17) is 11.6 Å². The quantitative estimate of drug-likeness (QED) is 0.932. The van der Waals surface area contributed by atoms with Gasteiger partial charge in [0, 0.05) is 36.7 Å². The van der Waals surface area contributed by atoms with E-state index in [1.54, 1.807) is 17.0 Å². The Morgan fingerprint density at radius 2 is 2.32 bits per heavy atom. The molecule has 1 N–H and O–H groups in total. The SMILES string of the molecule is CC(=O)SCC1CC(=O)N(c2ccc(Cl)cc2O)C1. The summed E-state index contributed by atoms with van der Waals surface area (Å²) < 4.78 is 0. The van der Waals surface area contributed by atoms with Crippen molar-refractivity contribution in [3.63, 3.8) is 0 Å². The molecule has 1 atom stereocenters. The number of phenolic OH excluding ortho intramolecular Hbond substituents is 1. The second kappa shape index (κ2) is 5.84. The first kappa shape index (κ1) is 14.2. The van der Waals surface area contributed by atoms with Gasteiger partial charge in [0.2, 0.25) is 5.91 Å². The van der Waals surface area contributed by atoms with Crippen LogP contribution in [0.25, 0.3) is 0 Å². The summed E-state index contributed by atoms with van der Waals surface area (Å²) in [6, 6.07) is 4.69. The van der Waals surface area contributed by atoms with Gasteiger partial charge in [0.15, 0.2) is 5.12 Å². The fourth-order valence-electron chi connectivity index (χ4n) is 2.09. The zero-order valence-electron chi connectivity index (χ0n) is 10.4. The Kier molecular flexibility index (Phi) is 4.37. The molecule has 6 heteroatoms. The second-order valence-corrected chi connectivity index (χ2v) is 6.14. The van der Waals surface area contributed by atoms with Crippen LogP contribution < -0.4 is 4.90 Å². The van der Waals surface area contributed by atoms with E-state index >= 15 is 0 Å². The number of nitrogens with zero attached hydrogens (tertiary/aromatic N) is 1. The predicted molar refractivity (Wildman–Crippen MR) is 76.7 cm³/mol. The average Bonchev–Trinajstić information content (AvgIpc) is 2.68. The maximum atomic E-state index is 12.0. The van der Waals surface area contributed by atoms with Crippen LogP contribution in [0.3, 0.4) is 0 Å². The standard InChI is InChI=1S/C13H14ClNO3S/c1-8(16)19-7-9-4-13(18)15(6-9)11-3-2-10(14)5-12(11)17/h2-3,5,9,17H,4,6-7H2,1H3. The van der Waals surface area contributed by atoms with Crippen LogP contribution >= 0.6 is 23.4 Å². The Balaban J connectivity index is 2.09. The highest BCUT2D eigenvalue weighted by Crippen LogP contribution is 2.34. The summed E-state index contributed by atoms with van der Waals surface area (Å²) in [6.07, 6.45) is 0.405. The van der Waals surface area contributed by atoms with E-state index in [2.05, 4.69) is 0 Å². The number of rotatable bonds is 3. The number of thioether (sulfide) groups is 1. The number of benzene rings is 1. The van der Waals surface area contributed by atoms with Gasteiger partial charge in [-0.1, -0.05) is 23.4 Å². The largest absolute Gasteiger partial charge is 0.506 e. The zero-order valence-corrected chi connectivity index (χ0v) is 12.0. The molecule has 1 fully saturated rings. The summed E-state index contributed by atoms with van der Waals surface area (Å²) in [4.78, 5) is 24.4. The summed E-state index contributed by atoms with van der Waals surface area (Å²) in [5, 5.41) is 10.3. The van der Waals surface area contributed by atoms with Crippen LogP contribution in [0.1, 0.15) is 13.3 Å². The molecule has 1 saturated heterocycles. The number of phenols is 1. The topological polar surface area (TPSA) is 57.6 Å². The van der Waals surface area contributed by atoms with Gasteiger partial charge in [-0.3, -0.25) is 9.59 Å². The molecule has 1 aromatic carbocycles. The number of amides is 1. The molecule has 0 radical (unpaired) electrons. The molecule has 1 aliphatic rings. The highest BCUT2D eigenvalue weighted by atomic mass is 35.5. The smallest absolute Gasteiger partial charge is 0.227 e. The fourth-order valence-corrected chi connectivity index (χ4v) is 2.95. The maximum absolute atomic E-state index is 12.0. The van der Waals surface area contributed by atoms with Gasteiger partial charge in [-0.15, -0.1) is 0 Å². The molecular formula is C13H14ClNO3S. The monoisotopic (exact) mass is 299 g/mol. The number of halogens is 1. The molecule has 1 unspecified atom stereocenters. The zero-order chi connectivity index (χ0) is 14.0.